The van der Waals surface area contributed by atoms with E-state index in [1.807, 2.05) is 24.3 Å². The molecule has 0 aliphatic rings. The molecule has 0 bridgehead atoms. The van der Waals surface area contributed by atoms with Crippen molar-refractivity contribution in [1.29, 1.82) is 0 Å². The topological polar surface area (TPSA) is 76.6 Å². The van der Waals surface area contributed by atoms with Gasteiger partial charge >= 0.3 is 10.8 Å². The Balaban J connectivity index is 2.44. The van der Waals surface area contributed by atoms with Crippen LogP contribution in [-0.4, -0.2) is 28.3 Å². The van der Waals surface area contributed by atoms with E-state index in [1.54, 1.807) is 6.08 Å². The summed E-state index contributed by atoms with van der Waals surface area (Å²) < 4.78 is 0.496. The van der Waals surface area contributed by atoms with Crippen LogP contribution in [0, 0.1) is 0 Å². The van der Waals surface area contributed by atoms with Crippen LogP contribution in [0.1, 0.15) is 19.4 Å². The zero-order valence-electron chi connectivity index (χ0n) is 12.0. The summed E-state index contributed by atoms with van der Waals surface area (Å²) in [6.07, 6.45) is 1.75. The maximum absolute atomic E-state index is 11.3. The van der Waals surface area contributed by atoms with Crippen molar-refractivity contribution in [3.63, 3.8) is 0 Å². The molecule has 2 rings (SSSR count). The van der Waals surface area contributed by atoms with Crippen LogP contribution in [0.5, 0.6) is 0 Å². The Morgan fingerprint density at radius 2 is 1.86 bits per heavy atom. The van der Waals surface area contributed by atoms with Gasteiger partial charge in [0.15, 0.2) is 0 Å². The first-order valence-corrected chi connectivity index (χ1v) is 7.55. The summed E-state index contributed by atoms with van der Waals surface area (Å²) in [6, 6.07) is 7.90. The first-order chi connectivity index (χ1) is 10.0. The van der Waals surface area contributed by atoms with Gasteiger partial charge in [0.25, 0.3) is 0 Å². The highest BCUT2D eigenvalue weighted by molar-refractivity contribution is 7.07. The van der Waals surface area contributed by atoms with Crippen molar-refractivity contribution in [2.24, 2.45) is 0 Å². The lowest BCUT2D eigenvalue weighted by atomic mass is 10.2. The third-order valence-electron chi connectivity index (χ3n) is 3.22. The largest absolute Gasteiger partial charge is 0.480 e. The number of aliphatic hydroxyl groups excluding tert-OH is 1. The number of nitrogens with one attached hydrogen (secondary N) is 1. The molecule has 0 fully saturated rings. The normalized spacial score (nSPS) is 11.6. The maximum atomic E-state index is 11.3. The molecule has 0 aliphatic heterocycles. The van der Waals surface area contributed by atoms with Crippen molar-refractivity contribution in [2.75, 3.05) is 18.0 Å². The average Bonchev–Trinajstić information content (AvgIpc) is 2.83. The summed E-state index contributed by atoms with van der Waals surface area (Å²) in [6.45, 7) is 6.09. The van der Waals surface area contributed by atoms with Crippen molar-refractivity contribution in [1.82, 2.24) is 4.98 Å². The molecule has 0 radical (unpaired) electrons. The number of hydrogen-bond acceptors (Lipinski definition) is 5. The van der Waals surface area contributed by atoms with Gasteiger partial charge in [0.2, 0.25) is 0 Å². The van der Waals surface area contributed by atoms with Gasteiger partial charge in [-0.2, -0.15) is 0 Å². The van der Waals surface area contributed by atoms with Crippen LogP contribution in [0.3, 0.4) is 0 Å². The second-order valence-corrected chi connectivity index (χ2v) is 5.50. The smallest absolute Gasteiger partial charge is 0.305 e. The molecule has 5 nitrogen and oxygen atoms in total. The predicted molar refractivity (Wildman–Crippen MR) is 86.4 cm³/mol. The van der Waals surface area contributed by atoms with Crippen molar-refractivity contribution >= 4 is 29.0 Å². The monoisotopic (exact) mass is 306 g/mol. The van der Waals surface area contributed by atoms with Gasteiger partial charge in [0.05, 0.1) is 4.53 Å². The molecule has 6 heteroatoms. The molecule has 3 N–H and O–H groups in total. The quantitative estimate of drug-likeness (QED) is 0.795. The third-order valence-corrected chi connectivity index (χ3v) is 4.05. The highest BCUT2D eigenvalue weighted by Crippen LogP contribution is 2.15. The number of H-pyrrole nitrogens is 1. The average molecular weight is 306 g/mol. The Morgan fingerprint density at radius 3 is 2.38 bits per heavy atom. The second kappa shape index (κ2) is 6.49. The molecule has 0 atom stereocenters. The molecule has 0 saturated heterocycles. The van der Waals surface area contributed by atoms with Gasteiger partial charge in [-0.1, -0.05) is 23.5 Å². The Labute approximate surface area is 126 Å². The van der Waals surface area contributed by atoms with Crippen LogP contribution in [0.4, 0.5) is 5.69 Å². The molecule has 1 aromatic heterocycles. The molecule has 0 unspecified atom stereocenters. The fourth-order valence-electron chi connectivity index (χ4n) is 2.13. The predicted octanol–water partition coefficient (Wildman–Crippen LogP) is 1.29. The van der Waals surface area contributed by atoms with Gasteiger partial charge < -0.3 is 20.1 Å². The zero-order valence-corrected chi connectivity index (χ0v) is 12.8. The standard InChI is InChI=1S/C15H18N2O3S/c1-3-17(4-2)11-7-5-10(6-8-11)9-12-13(14(18)19)16-15(20)21-12/h5-9,18-19H,3-4H2,1-2H3,(H,16,20). The first kappa shape index (κ1) is 15.2. The summed E-state index contributed by atoms with van der Waals surface area (Å²) in [5, 5.41) is 18.4. The van der Waals surface area contributed by atoms with E-state index in [0.29, 0.717) is 4.53 Å². The zero-order chi connectivity index (χ0) is 15.4. The van der Waals surface area contributed by atoms with Gasteiger partial charge in [0.1, 0.15) is 5.35 Å². The summed E-state index contributed by atoms with van der Waals surface area (Å²) >= 11 is 0.939. The van der Waals surface area contributed by atoms with Crippen LogP contribution < -0.4 is 19.7 Å². The van der Waals surface area contributed by atoms with E-state index in [-0.39, 0.29) is 10.2 Å². The fraction of sp³-hybridized carbons (Fsp3) is 0.267. The lowest BCUT2D eigenvalue weighted by molar-refractivity contribution is 0.296. The third kappa shape index (κ3) is 3.46. The number of aromatic nitrogens is 1. The lowest BCUT2D eigenvalue weighted by Gasteiger charge is -2.20. The summed E-state index contributed by atoms with van der Waals surface area (Å²) in [7, 11) is 0. The molecular formula is C15H18N2O3S. The van der Waals surface area contributed by atoms with Gasteiger partial charge in [-0.3, -0.25) is 4.79 Å². The highest BCUT2D eigenvalue weighted by atomic mass is 32.1. The molecule has 21 heavy (non-hydrogen) atoms. The van der Waals surface area contributed by atoms with Crippen molar-refractivity contribution in [2.45, 2.75) is 13.8 Å². The van der Waals surface area contributed by atoms with Crippen LogP contribution in [0.15, 0.2) is 29.1 Å². The van der Waals surface area contributed by atoms with Gasteiger partial charge in [-0.15, -0.1) is 0 Å². The molecule has 1 aromatic carbocycles. The second-order valence-electron chi connectivity index (χ2n) is 4.49. The number of rotatable bonds is 4. The van der Waals surface area contributed by atoms with Gasteiger partial charge in [0, 0.05) is 18.8 Å². The van der Waals surface area contributed by atoms with Crippen molar-refractivity contribution < 1.29 is 10.2 Å². The SMILES string of the molecule is CCN(CC)c1ccc(C=c2sc(=O)[nH]c2=C(O)O)cc1. The van der Waals surface area contributed by atoms with E-state index in [9.17, 15) is 4.79 Å². The number of benzene rings is 1. The van der Waals surface area contributed by atoms with E-state index in [2.05, 4.69) is 23.7 Å². The van der Waals surface area contributed by atoms with Crippen LogP contribution in [0.2, 0.25) is 0 Å². The van der Waals surface area contributed by atoms with Crippen LogP contribution in [0.25, 0.3) is 12.0 Å². The summed E-state index contributed by atoms with van der Waals surface area (Å²) in [5.41, 5.74) is 2.03. The number of anilines is 1. The molecular weight excluding hydrogens is 288 g/mol. The van der Waals surface area contributed by atoms with E-state index in [1.165, 1.54) is 0 Å². The Kier molecular flexibility index (Phi) is 4.70. The van der Waals surface area contributed by atoms with Crippen molar-refractivity contribution in [3.8, 4) is 0 Å². The minimum atomic E-state index is -0.876. The lowest BCUT2D eigenvalue weighted by Crippen LogP contribution is -2.25. The van der Waals surface area contributed by atoms with E-state index < -0.39 is 5.95 Å². The molecule has 112 valence electrons. The summed E-state index contributed by atoms with van der Waals surface area (Å²) in [4.78, 5) is 15.6. The van der Waals surface area contributed by atoms with Gasteiger partial charge in [-0.05, 0) is 37.6 Å². The fourth-order valence-corrected chi connectivity index (χ4v) is 2.92. The minimum Gasteiger partial charge on any atom is -0.480 e. The van der Waals surface area contributed by atoms with E-state index in [4.69, 9.17) is 10.2 Å². The minimum absolute atomic E-state index is 0.0535. The molecule has 0 amide bonds. The van der Waals surface area contributed by atoms with Gasteiger partial charge in [-0.25, -0.2) is 0 Å². The van der Waals surface area contributed by atoms with Crippen LogP contribution in [-0.2, 0) is 0 Å². The Bertz CT molecular complexity index is 766. The molecule has 0 saturated carbocycles. The number of nitrogens with zero attached hydrogens (tertiary/aromatic N) is 1. The number of thiazole rings is 1. The van der Waals surface area contributed by atoms with E-state index >= 15 is 0 Å². The van der Waals surface area contributed by atoms with E-state index in [0.717, 1.165) is 35.7 Å². The number of hydrogen-bond donors (Lipinski definition) is 3. The number of aliphatic hydroxyl groups is 2. The Hall–Kier alpha value is -2.21. The maximum Gasteiger partial charge on any atom is 0.305 e. The molecule has 0 spiro atoms. The van der Waals surface area contributed by atoms with Crippen LogP contribution >= 0.6 is 11.3 Å². The van der Waals surface area contributed by atoms with Crippen molar-refractivity contribution in [3.05, 3.63) is 49.4 Å². The molecule has 0 aliphatic carbocycles. The molecule has 1 heterocycles. The number of aromatic amines is 1. The highest BCUT2D eigenvalue weighted by Gasteiger charge is 2.02. The Morgan fingerprint density at radius 1 is 1.24 bits per heavy atom. The molecule has 2 aromatic rings. The summed E-state index contributed by atoms with van der Waals surface area (Å²) in [5.74, 6) is -0.876. The first-order valence-electron chi connectivity index (χ1n) is 6.73.